The standard InChI is InChI=1S/C18H19NO4S/c1-23-18(22)12-14(16-8-5-11-24-16)19-17(21)10-9-15(20)13-6-3-2-4-7-13/h2-8,11,14H,9-10,12H2,1H3,(H,19,21). The Labute approximate surface area is 144 Å². The lowest BCUT2D eigenvalue weighted by molar-refractivity contribution is -0.141. The van der Waals surface area contributed by atoms with E-state index in [2.05, 4.69) is 10.1 Å². The van der Waals surface area contributed by atoms with Gasteiger partial charge in [0.1, 0.15) is 0 Å². The summed E-state index contributed by atoms with van der Waals surface area (Å²) in [5.41, 5.74) is 0.592. The van der Waals surface area contributed by atoms with E-state index in [0.29, 0.717) is 5.56 Å². The minimum atomic E-state index is -0.434. The van der Waals surface area contributed by atoms with E-state index in [1.807, 2.05) is 23.6 Å². The number of benzene rings is 1. The number of hydrogen-bond donors (Lipinski definition) is 1. The largest absolute Gasteiger partial charge is 0.469 e. The molecule has 1 N–H and O–H groups in total. The van der Waals surface area contributed by atoms with Gasteiger partial charge in [-0.1, -0.05) is 36.4 Å². The van der Waals surface area contributed by atoms with Crippen LogP contribution >= 0.6 is 11.3 Å². The molecule has 2 aromatic rings. The zero-order chi connectivity index (χ0) is 17.4. The normalized spacial score (nSPS) is 11.5. The van der Waals surface area contributed by atoms with E-state index in [1.54, 1.807) is 24.3 Å². The van der Waals surface area contributed by atoms with Crippen molar-refractivity contribution in [1.82, 2.24) is 5.32 Å². The molecular weight excluding hydrogens is 326 g/mol. The second-order valence-electron chi connectivity index (χ2n) is 5.20. The summed E-state index contributed by atoms with van der Waals surface area (Å²) in [5, 5.41) is 4.69. The summed E-state index contributed by atoms with van der Waals surface area (Å²) >= 11 is 1.46. The Hall–Kier alpha value is -2.47. The number of hydrogen-bond acceptors (Lipinski definition) is 5. The van der Waals surface area contributed by atoms with E-state index >= 15 is 0 Å². The molecule has 5 nitrogen and oxygen atoms in total. The molecule has 24 heavy (non-hydrogen) atoms. The van der Waals surface area contributed by atoms with Crippen LogP contribution < -0.4 is 5.32 Å². The summed E-state index contributed by atoms with van der Waals surface area (Å²) in [4.78, 5) is 36.6. The summed E-state index contributed by atoms with van der Waals surface area (Å²) in [5.74, 6) is -0.734. The topological polar surface area (TPSA) is 72.5 Å². The molecule has 0 aliphatic rings. The van der Waals surface area contributed by atoms with Crippen molar-refractivity contribution in [2.75, 3.05) is 7.11 Å². The molecule has 0 aliphatic heterocycles. The summed E-state index contributed by atoms with van der Waals surface area (Å²) in [6, 6.07) is 12.1. The van der Waals surface area contributed by atoms with Gasteiger partial charge in [-0.05, 0) is 11.4 Å². The lowest BCUT2D eigenvalue weighted by Gasteiger charge is -2.16. The number of carbonyl (C=O) groups excluding carboxylic acids is 3. The molecule has 0 spiro atoms. The fraction of sp³-hybridized carbons (Fsp3) is 0.278. The summed E-state index contributed by atoms with van der Waals surface area (Å²) in [7, 11) is 1.31. The van der Waals surface area contributed by atoms with E-state index in [4.69, 9.17) is 0 Å². The minimum absolute atomic E-state index is 0.0649. The van der Waals surface area contributed by atoms with Crippen LogP contribution in [0.2, 0.25) is 0 Å². The highest BCUT2D eigenvalue weighted by Gasteiger charge is 2.20. The molecule has 0 saturated heterocycles. The molecule has 0 fully saturated rings. The van der Waals surface area contributed by atoms with E-state index in [9.17, 15) is 14.4 Å². The van der Waals surface area contributed by atoms with Gasteiger partial charge in [-0.15, -0.1) is 11.3 Å². The minimum Gasteiger partial charge on any atom is -0.469 e. The van der Waals surface area contributed by atoms with Crippen molar-refractivity contribution in [3.63, 3.8) is 0 Å². The fourth-order valence-electron chi connectivity index (χ4n) is 2.22. The number of Topliss-reactive ketones (excluding diaryl/α,β-unsaturated/α-hetero) is 1. The van der Waals surface area contributed by atoms with Gasteiger partial charge in [0.25, 0.3) is 0 Å². The number of ether oxygens (including phenoxy) is 1. The Morgan fingerprint density at radius 1 is 1.08 bits per heavy atom. The van der Waals surface area contributed by atoms with Crippen LogP contribution in [0, 0.1) is 0 Å². The number of amides is 1. The first-order valence-corrected chi connectivity index (χ1v) is 8.46. The maximum Gasteiger partial charge on any atom is 0.307 e. The van der Waals surface area contributed by atoms with E-state index in [1.165, 1.54) is 18.4 Å². The monoisotopic (exact) mass is 345 g/mol. The van der Waals surface area contributed by atoms with Crippen molar-refractivity contribution in [3.05, 3.63) is 58.3 Å². The molecule has 1 aromatic heterocycles. The van der Waals surface area contributed by atoms with Crippen molar-refractivity contribution >= 4 is 29.0 Å². The summed E-state index contributed by atoms with van der Waals surface area (Å²) < 4.78 is 4.68. The van der Waals surface area contributed by atoms with Crippen molar-refractivity contribution in [2.45, 2.75) is 25.3 Å². The quantitative estimate of drug-likeness (QED) is 0.589. The summed E-state index contributed by atoms with van der Waals surface area (Å²) in [6.45, 7) is 0. The van der Waals surface area contributed by atoms with E-state index in [0.717, 1.165) is 4.88 Å². The second kappa shape index (κ2) is 8.98. The number of carbonyl (C=O) groups is 3. The Morgan fingerprint density at radius 2 is 1.83 bits per heavy atom. The number of nitrogens with one attached hydrogen (secondary N) is 1. The maximum absolute atomic E-state index is 12.1. The number of ketones is 1. The molecule has 126 valence electrons. The van der Waals surface area contributed by atoms with Crippen LogP contribution in [0.25, 0.3) is 0 Å². The number of methoxy groups -OCH3 is 1. The first kappa shape index (κ1) is 17.9. The van der Waals surface area contributed by atoms with Gasteiger partial charge in [0.05, 0.1) is 19.6 Å². The predicted octanol–water partition coefficient (Wildman–Crippen LogP) is 3.13. The zero-order valence-electron chi connectivity index (χ0n) is 13.4. The van der Waals surface area contributed by atoms with Gasteiger partial charge in [0, 0.05) is 23.3 Å². The third-order valence-electron chi connectivity index (χ3n) is 3.50. The molecular formula is C18H19NO4S. The average molecular weight is 345 g/mol. The van der Waals surface area contributed by atoms with Crippen LogP contribution in [-0.2, 0) is 14.3 Å². The molecule has 0 saturated carbocycles. The molecule has 1 amide bonds. The van der Waals surface area contributed by atoms with Crippen LogP contribution in [0.5, 0.6) is 0 Å². The van der Waals surface area contributed by atoms with E-state index in [-0.39, 0.29) is 31.0 Å². The van der Waals surface area contributed by atoms with Gasteiger partial charge in [0.15, 0.2) is 5.78 Å². The molecule has 1 heterocycles. The zero-order valence-corrected chi connectivity index (χ0v) is 14.2. The van der Waals surface area contributed by atoms with Crippen LogP contribution in [0.1, 0.15) is 40.5 Å². The third-order valence-corrected chi connectivity index (χ3v) is 4.48. The van der Waals surface area contributed by atoms with Gasteiger partial charge in [-0.25, -0.2) is 0 Å². The van der Waals surface area contributed by atoms with Crippen LogP contribution in [0.15, 0.2) is 47.8 Å². The highest BCUT2D eigenvalue weighted by molar-refractivity contribution is 7.10. The Morgan fingerprint density at radius 3 is 2.46 bits per heavy atom. The SMILES string of the molecule is COC(=O)CC(NC(=O)CCC(=O)c1ccccc1)c1cccs1. The lowest BCUT2D eigenvalue weighted by Crippen LogP contribution is -2.30. The third kappa shape index (κ3) is 5.31. The van der Waals surface area contributed by atoms with Crippen LogP contribution in [0.3, 0.4) is 0 Å². The second-order valence-corrected chi connectivity index (χ2v) is 6.18. The number of thiophene rings is 1. The Kier molecular flexibility index (Phi) is 6.69. The van der Waals surface area contributed by atoms with Crippen molar-refractivity contribution < 1.29 is 19.1 Å². The smallest absolute Gasteiger partial charge is 0.307 e. The molecule has 0 bridgehead atoms. The molecule has 1 atom stereocenters. The highest BCUT2D eigenvalue weighted by atomic mass is 32.1. The first-order chi connectivity index (χ1) is 11.6. The molecule has 1 unspecified atom stereocenters. The molecule has 1 aromatic carbocycles. The van der Waals surface area contributed by atoms with Gasteiger partial charge in [-0.2, -0.15) is 0 Å². The van der Waals surface area contributed by atoms with Gasteiger partial charge >= 0.3 is 5.97 Å². The molecule has 0 aliphatic carbocycles. The van der Waals surface area contributed by atoms with Crippen molar-refractivity contribution in [2.24, 2.45) is 0 Å². The lowest BCUT2D eigenvalue weighted by atomic mass is 10.1. The Balaban J connectivity index is 1.90. The predicted molar refractivity (Wildman–Crippen MR) is 91.8 cm³/mol. The molecule has 2 rings (SSSR count). The molecule has 6 heteroatoms. The van der Waals surface area contributed by atoms with Crippen LogP contribution in [0.4, 0.5) is 0 Å². The highest BCUT2D eigenvalue weighted by Crippen LogP contribution is 2.22. The van der Waals surface area contributed by atoms with Gasteiger partial charge in [0.2, 0.25) is 5.91 Å². The Bertz CT molecular complexity index is 682. The fourth-order valence-corrected chi connectivity index (χ4v) is 3.00. The van der Waals surface area contributed by atoms with E-state index < -0.39 is 12.0 Å². The van der Waals surface area contributed by atoms with Crippen molar-refractivity contribution in [3.8, 4) is 0 Å². The van der Waals surface area contributed by atoms with Crippen LogP contribution in [-0.4, -0.2) is 24.8 Å². The molecule has 0 radical (unpaired) electrons. The number of rotatable bonds is 8. The number of esters is 1. The maximum atomic E-state index is 12.1. The average Bonchev–Trinajstić information content (AvgIpc) is 3.14. The van der Waals surface area contributed by atoms with Gasteiger partial charge in [-0.3, -0.25) is 14.4 Å². The van der Waals surface area contributed by atoms with Gasteiger partial charge < -0.3 is 10.1 Å². The van der Waals surface area contributed by atoms with Crippen molar-refractivity contribution in [1.29, 1.82) is 0 Å². The first-order valence-electron chi connectivity index (χ1n) is 7.58. The summed E-state index contributed by atoms with van der Waals surface area (Å²) in [6.07, 6.45) is 0.275.